The van der Waals surface area contributed by atoms with E-state index in [0.29, 0.717) is 11.3 Å². The second-order valence-corrected chi connectivity index (χ2v) is 6.39. The standard InChI is InChI=1S/C17H13F3N4O2S/c1-10-7-14(24-26-10)23-15(25)9-27-16-21-12(11-5-3-2-4-6-11)8-13(22-16)17(18,19)20/h2-8H,9H2,1H3,(H,23,24,25). The molecule has 0 aliphatic carbocycles. The Bertz CT molecular complexity index is 945. The zero-order chi connectivity index (χ0) is 19.4. The van der Waals surface area contributed by atoms with E-state index in [2.05, 4.69) is 20.4 Å². The molecule has 0 unspecified atom stereocenters. The first-order valence-corrected chi connectivity index (χ1v) is 8.67. The van der Waals surface area contributed by atoms with Gasteiger partial charge in [-0.3, -0.25) is 4.79 Å². The molecule has 140 valence electrons. The van der Waals surface area contributed by atoms with Crippen molar-refractivity contribution in [2.45, 2.75) is 18.3 Å². The quantitative estimate of drug-likeness (QED) is 0.516. The number of benzene rings is 1. The van der Waals surface area contributed by atoms with Crippen LogP contribution in [0.4, 0.5) is 19.0 Å². The van der Waals surface area contributed by atoms with Gasteiger partial charge in [0.25, 0.3) is 0 Å². The Morgan fingerprint density at radius 1 is 1.19 bits per heavy atom. The first-order valence-electron chi connectivity index (χ1n) is 7.69. The summed E-state index contributed by atoms with van der Waals surface area (Å²) in [7, 11) is 0. The zero-order valence-corrected chi connectivity index (χ0v) is 14.8. The van der Waals surface area contributed by atoms with Crippen molar-refractivity contribution in [3.05, 3.63) is 53.9 Å². The number of aromatic nitrogens is 3. The van der Waals surface area contributed by atoms with Crippen LogP contribution in [0.5, 0.6) is 0 Å². The fourth-order valence-corrected chi connectivity index (χ4v) is 2.78. The molecule has 1 aromatic carbocycles. The van der Waals surface area contributed by atoms with Gasteiger partial charge in [0.1, 0.15) is 11.5 Å². The van der Waals surface area contributed by atoms with Gasteiger partial charge in [0, 0.05) is 11.6 Å². The summed E-state index contributed by atoms with van der Waals surface area (Å²) in [5, 5.41) is 5.95. The number of nitrogens with zero attached hydrogens (tertiary/aromatic N) is 3. The third kappa shape index (κ3) is 5.07. The third-order valence-electron chi connectivity index (χ3n) is 3.29. The minimum atomic E-state index is -4.62. The van der Waals surface area contributed by atoms with Crippen LogP contribution in [0.15, 0.2) is 52.1 Å². The Kier molecular flexibility index (Phi) is 5.45. The first kappa shape index (κ1) is 18.9. The van der Waals surface area contributed by atoms with Crippen molar-refractivity contribution in [1.82, 2.24) is 15.1 Å². The molecule has 0 bridgehead atoms. The van der Waals surface area contributed by atoms with Gasteiger partial charge in [-0.2, -0.15) is 13.2 Å². The maximum absolute atomic E-state index is 13.2. The minimum Gasteiger partial charge on any atom is -0.360 e. The van der Waals surface area contributed by atoms with Crippen LogP contribution < -0.4 is 5.32 Å². The van der Waals surface area contributed by atoms with Crippen molar-refractivity contribution >= 4 is 23.5 Å². The molecule has 0 aliphatic rings. The van der Waals surface area contributed by atoms with Gasteiger partial charge in [0.2, 0.25) is 5.91 Å². The van der Waals surface area contributed by atoms with E-state index >= 15 is 0 Å². The summed E-state index contributed by atoms with van der Waals surface area (Å²) in [5.41, 5.74) is -0.408. The highest BCUT2D eigenvalue weighted by Crippen LogP contribution is 2.32. The van der Waals surface area contributed by atoms with E-state index in [1.165, 1.54) is 6.07 Å². The first-order chi connectivity index (χ1) is 12.8. The van der Waals surface area contributed by atoms with Crippen molar-refractivity contribution in [2.24, 2.45) is 0 Å². The molecule has 2 aromatic heterocycles. The van der Waals surface area contributed by atoms with Crippen molar-refractivity contribution in [3.8, 4) is 11.3 Å². The number of aryl methyl sites for hydroxylation is 1. The predicted octanol–water partition coefficient (Wildman–Crippen LogP) is 4.19. The molecule has 0 spiro atoms. The van der Waals surface area contributed by atoms with E-state index in [4.69, 9.17) is 4.52 Å². The smallest absolute Gasteiger partial charge is 0.360 e. The Hall–Kier alpha value is -2.88. The van der Waals surface area contributed by atoms with Crippen molar-refractivity contribution < 1.29 is 22.5 Å². The SMILES string of the molecule is Cc1cc(NC(=O)CSc2nc(-c3ccccc3)cc(C(F)(F)F)n2)no1. The lowest BCUT2D eigenvalue weighted by molar-refractivity contribution is -0.141. The molecule has 0 saturated carbocycles. The molecule has 0 radical (unpaired) electrons. The van der Waals surface area contributed by atoms with Crippen LogP contribution in [0, 0.1) is 6.92 Å². The lowest BCUT2D eigenvalue weighted by Gasteiger charge is -2.10. The molecule has 0 atom stereocenters. The van der Waals surface area contributed by atoms with Crippen LogP contribution in [0.25, 0.3) is 11.3 Å². The normalized spacial score (nSPS) is 11.4. The van der Waals surface area contributed by atoms with Crippen LogP contribution >= 0.6 is 11.8 Å². The number of halogens is 3. The molecule has 10 heteroatoms. The molecule has 0 aliphatic heterocycles. The molecule has 0 saturated heterocycles. The van der Waals surface area contributed by atoms with Crippen LogP contribution in [-0.2, 0) is 11.0 Å². The average molecular weight is 394 g/mol. The van der Waals surface area contributed by atoms with Crippen molar-refractivity contribution in [2.75, 3.05) is 11.1 Å². The largest absolute Gasteiger partial charge is 0.433 e. The van der Waals surface area contributed by atoms with Crippen LogP contribution in [0.2, 0.25) is 0 Å². The summed E-state index contributed by atoms with van der Waals surface area (Å²) < 4.78 is 44.3. The van der Waals surface area contributed by atoms with E-state index in [1.54, 1.807) is 37.3 Å². The third-order valence-corrected chi connectivity index (χ3v) is 4.14. The lowest BCUT2D eigenvalue weighted by atomic mass is 10.1. The molecule has 6 nitrogen and oxygen atoms in total. The second kappa shape index (κ2) is 7.78. The summed E-state index contributed by atoms with van der Waals surface area (Å²) in [6, 6.07) is 10.9. The molecular formula is C17H13F3N4O2S. The number of thioether (sulfide) groups is 1. The Labute approximate surface area is 156 Å². The van der Waals surface area contributed by atoms with Gasteiger partial charge in [0.15, 0.2) is 11.0 Å². The summed E-state index contributed by atoms with van der Waals surface area (Å²) in [6.07, 6.45) is -4.62. The molecule has 3 aromatic rings. The number of rotatable bonds is 5. The Morgan fingerprint density at radius 2 is 1.93 bits per heavy atom. The highest BCUT2D eigenvalue weighted by atomic mass is 32.2. The van der Waals surface area contributed by atoms with Crippen LogP contribution in [0.1, 0.15) is 11.5 Å². The molecule has 27 heavy (non-hydrogen) atoms. The van der Waals surface area contributed by atoms with Gasteiger partial charge in [-0.05, 0) is 13.0 Å². The molecule has 1 amide bonds. The number of hydrogen-bond donors (Lipinski definition) is 1. The van der Waals surface area contributed by atoms with E-state index in [-0.39, 0.29) is 22.4 Å². The Morgan fingerprint density at radius 3 is 2.56 bits per heavy atom. The number of hydrogen-bond acceptors (Lipinski definition) is 6. The maximum Gasteiger partial charge on any atom is 0.433 e. The lowest BCUT2D eigenvalue weighted by Crippen LogP contribution is -2.15. The van der Waals surface area contributed by atoms with Crippen LogP contribution in [-0.4, -0.2) is 26.8 Å². The summed E-state index contributed by atoms with van der Waals surface area (Å²) >= 11 is 0.801. The second-order valence-electron chi connectivity index (χ2n) is 5.44. The van der Waals surface area contributed by atoms with Gasteiger partial charge in [-0.25, -0.2) is 9.97 Å². The van der Waals surface area contributed by atoms with Gasteiger partial charge >= 0.3 is 6.18 Å². The number of nitrogens with one attached hydrogen (secondary N) is 1. The fraction of sp³-hybridized carbons (Fsp3) is 0.176. The van der Waals surface area contributed by atoms with Crippen LogP contribution in [0.3, 0.4) is 0 Å². The van der Waals surface area contributed by atoms with Gasteiger partial charge in [-0.15, -0.1) is 0 Å². The summed E-state index contributed by atoms with van der Waals surface area (Å²) in [5.74, 6) is 0.108. The molecule has 0 fully saturated rings. The number of carbonyl (C=O) groups is 1. The van der Waals surface area contributed by atoms with E-state index in [0.717, 1.165) is 17.8 Å². The number of alkyl halides is 3. The van der Waals surface area contributed by atoms with E-state index < -0.39 is 17.8 Å². The average Bonchev–Trinajstić information content (AvgIpc) is 3.04. The molecule has 2 heterocycles. The Balaban J connectivity index is 1.78. The summed E-state index contributed by atoms with van der Waals surface area (Å²) in [6.45, 7) is 1.67. The van der Waals surface area contributed by atoms with Gasteiger partial charge < -0.3 is 9.84 Å². The number of anilines is 1. The van der Waals surface area contributed by atoms with Crippen molar-refractivity contribution in [3.63, 3.8) is 0 Å². The molecular weight excluding hydrogens is 381 g/mol. The zero-order valence-electron chi connectivity index (χ0n) is 13.9. The van der Waals surface area contributed by atoms with E-state index in [1.807, 2.05) is 0 Å². The monoisotopic (exact) mass is 394 g/mol. The highest BCUT2D eigenvalue weighted by Gasteiger charge is 2.34. The topological polar surface area (TPSA) is 80.9 Å². The molecule has 1 N–H and O–H groups in total. The number of amides is 1. The van der Waals surface area contributed by atoms with E-state index in [9.17, 15) is 18.0 Å². The van der Waals surface area contributed by atoms with Gasteiger partial charge in [0.05, 0.1) is 11.4 Å². The van der Waals surface area contributed by atoms with Gasteiger partial charge in [-0.1, -0.05) is 47.3 Å². The fourth-order valence-electron chi connectivity index (χ4n) is 2.13. The maximum atomic E-state index is 13.2. The predicted molar refractivity (Wildman–Crippen MR) is 93.1 cm³/mol. The van der Waals surface area contributed by atoms with Crippen molar-refractivity contribution in [1.29, 1.82) is 0 Å². The number of carbonyl (C=O) groups excluding carboxylic acids is 1. The molecule has 3 rings (SSSR count). The summed E-state index contributed by atoms with van der Waals surface area (Å²) in [4.78, 5) is 19.6. The highest BCUT2D eigenvalue weighted by molar-refractivity contribution is 7.99. The minimum absolute atomic E-state index is 0.132.